The van der Waals surface area contributed by atoms with Gasteiger partial charge in [0.25, 0.3) is 0 Å². The highest BCUT2D eigenvalue weighted by molar-refractivity contribution is 7.79. The molecule has 0 aromatic rings. The summed E-state index contributed by atoms with van der Waals surface area (Å²) >= 11 is 0. The van der Waals surface area contributed by atoms with E-state index < -0.39 is 10.4 Å². The molecule has 0 aliphatic heterocycles. The van der Waals surface area contributed by atoms with Crippen molar-refractivity contribution in [1.82, 2.24) is 0 Å². The van der Waals surface area contributed by atoms with Gasteiger partial charge >= 0.3 is 10.4 Å². The molecule has 0 amide bonds. The van der Waals surface area contributed by atoms with Crippen molar-refractivity contribution in [2.45, 2.75) is 76.3 Å². The number of hydrogen-bond acceptors (Lipinski definition) is 4. The Balaban J connectivity index is 0.000000479. The van der Waals surface area contributed by atoms with Crippen LogP contribution in [0.5, 0.6) is 0 Å². The van der Waals surface area contributed by atoms with E-state index in [-0.39, 0.29) is 23.8 Å². The summed E-state index contributed by atoms with van der Waals surface area (Å²) in [4.78, 5) is 15.8. The molecule has 0 atom stereocenters. The Morgan fingerprint density at radius 2 is 0.871 bits per heavy atom. The molecular weight excluding hydrogens is 428 g/mol. The molecule has 14 N–H and O–H groups in total. The molecule has 0 radical (unpaired) electrons. The lowest BCUT2D eigenvalue weighted by Crippen LogP contribution is -2.27. The molecule has 2 fully saturated rings. The molecule has 0 aromatic heterocycles. The number of guanidine groups is 4. The zero-order valence-corrected chi connectivity index (χ0v) is 18.4. The topological polar surface area (TPSA) is 280 Å². The molecule has 0 aromatic carbocycles. The summed E-state index contributed by atoms with van der Waals surface area (Å²) in [5.41, 5.74) is 31.7. The highest BCUT2D eigenvalue weighted by atomic mass is 32.3. The summed E-state index contributed by atoms with van der Waals surface area (Å²) in [6, 6.07) is 0.633. The van der Waals surface area contributed by atoms with Crippen LogP contribution in [0.4, 0.5) is 0 Å². The van der Waals surface area contributed by atoms with Crippen LogP contribution in [0.2, 0.25) is 0 Å². The zero-order chi connectivity index (χ0) is 23.9. The van der Waals surface area contributed by atoms with Gasteiger partial charge in [-0.2, -0.15) is 18.4 Å². The molecule has 2 rings (SSSR count). The summed E-state index contributed by atoms with van der Waals surface area (Å²) in [5, 5.41) is 0. The standard InChI is InChI=1S/2C8H17N5.H2O4S/c2*9-7(10)13-8(11)12-6-4-2-1-3-5-6;1-5(2,3)4/h2*6H,1-5H2,(H6,9,10,11,12,13);(H2,1,2,3,4). The van der Waals surface area contributed by atoms with Crippen molar-refractivity contribution < 1.29 is 17.5 Å². The molecule has 2 aliphatic carbocycles. The van der Waals surface area contributed by atoms with Crippen molar-refractivity contribution in [1.29, 1.82) is 0 Å². The molecule has 2 saturated carbocycles. The third kappa shape index (κ3) is 20.4. The first-order valence-electron chi connectivity index (χ1n) is 9.92. The van der Waals surface area contributed by atoms with Gasteiger partial charge in [0.1, 0.15) is 0 Å². The van der Waals surface area contributed by atoms with Gasteiger partial charge in [-0.15, -0.1) is 0 Å². The third-order valence-corrected chi connectivity index (χ3v) is 4.27. The second-order valence-corrected chi connectivity index (χ2v) is 7.98. The number of rotatable bonds is 2. The Labute approximate surface area is 182 Å². The van der Waals surface area contributed by atoms with E-state index in [9.17, 15) is 0 Å². The van der Waals surface area contributed by atoms with Gasteiger partial charge in [0.15, 0.2) is 11.9 Å². The summed E-state index contributed by atoms with van der Waals surface area (Å²) < 4.78 is 31.6. The molecule has 14 nitrogen and oxygen atoms in total. The fraction of sp³-hybridized carbons (Fsp3) is 0.750. The normalized spacial score (nSPS) is 18.5. The molecule has 2 aliphatic rings. The maximum atomic E-state index is 8.74. The molecule has 0 bridgehead atoms. The molecule has 31 heavy (non-hydrogen) atoms. The summed E-state index contributed by atoms with van der Waals surface area (Å²) in [6.07, 6.45) is 11.9. The first-order valence-corrected chi connectivity index (χ1v) is 11.3. The second-order valence-electron chi connectivity index (χ2n) is 7.08. The van der Waals surface area contributed by atoms with E-state index in [1.54, 1.807) is 0 Å². The Morgan fingerprint density at radius 1 is 0.613 bits per heavy atom. The molecule has 0 heterocycles. The van der Waals surface area contributed by atoms with Crippen molar-refractivity contribution in [2.24, 2.45) is 54.4 Å². The molecule has 0 spiro atoms. The lowest BCUT2D eigenvalue weighted by Gasteiger charge is -2.17. The highest BCUT2D eigenvalue weighted by Crippen LogP contribution is 2.20. The van der Waals surface area contributed by atoms with Gasteiger partial charge in [0.05, 0.1) is 12.1 Å². The average molecular weight is 465 g/mol. The number of hydrogen-bond donors (Lipinski definition) is 8. The van der Waals surface area contributed by atoms with Crippen LogP contribution in [0.1, 0.15) is 64.2 Å². The van der Waals surface area contributed by atoms with Crippen LogP contribution in [0.15, 0.2) is 20.0 Å². The summed E-state index contributed by atoms with van der Waals surface area (Å²) in [7, 11) is -4.67. The maximum Gasteiger partial charge on any atom is 0.394 e. The highest BCUT2D eigenvalue weighted by Gasteiger charge is 2.12. The number of nitrogens with zero attached hydrogens (tertiary/aromatic N) is 4. The minimum atomic E-state index is -4.67. The SMILES string of the molecule is NC(N)=NC(N)=NC1CCCCC1.NC(N)=NC(N)=NC1CCCCC1.O=S(=O)(O)O. The Kier molecular flexibility index (Phi) is 13.9. The number of aliphatic imine (C=N–C) groups is 4. The predicted octanol–water partition coefficient (Wildman–Crippen LogP) is -0.838. The Morgan fingerprint density at radius 3 is 1.10 bits per heavy atom. The monoisotopic (exact) mass is 464 g/mol. The van der Waals surface area contributed by atoms with Gasteiger partial charge in [-0.25, -0.2) is 9.98 Å². The maximum absolute atomic E-state index is 8.74. The predicted molar refractivity (Wildman–Crippen MR) is 123 cm³/mol. The van der Waals surface area contributed by atoms with Crippen LogP contribution in [0, 0.1) is 0 Å². The first kappa shape index (κ1) is 28.4. The smallest absolute Gasteiger partial charge is 0.370 e. The van der Waals surface area contributed by atoms with Gasteiger partial charge in [0, 0.05) is 0 Å². The largest absolute Gasteiger partial charge is 0.394 e. The van der Waals surface area contributed by atoms with E-state index in [2.05, 4.69) is 20.0 Å². The van der Waals surface area contributed by atoms with Crippen molar-refractivity contribution in [3.05, 3.63) is 0 Å². The van der Waals surface area contributed by atoms with Crippen LogP contribution in [0.25, 0.3) is 0 Å². The van der Waals surface area contributed by atoms with Crippen LogP contribution < -0.4 is 34.4 Å². The lowest BCUT2D eigenvalue weighted by molar-refractivity contribution is 0.381. The van der Waals surface area contributed by atoms with Gasteiger partial charge in [-0.3, -0.25) is 9.11 Å². The van der Waals surface area contributed by atoms with E-state index in [4.69, 9.17) is 51.9 Å². The van der Waals surface area contributed by atoms with Gasteiger partial charge < -0.3 is 34.4 Å². The molecule has 0 saturated heterocycles. The van der Waals surface area contributed by atoms with Crippen LogP contribution in [-0.2, 0) is 10.4 Å². The number of nitrogens with two attached hydrogens (primary N) is 6. The zero-order valence-electron chi connectivity index (χ0n) is 17.6. The van der Waals surface area contributed by atoms with E-state index in [0.29, 0.717) is 12.1 Å². The minimum Gasteiger partial charge on any atom is -0.370 e. The van der Waals surface area contributed by atoms with E-state index >= 15 is 0 Å². The van der Waals surface area contributed by atoms with E-state index in [1.165, 1.54) is 38.5 Å². The quantitative estimate of drug-likeness (QED) is 0.142. The minimum absolute atomic E-state index is 0.0305. The van der Waals surface area contributed by atoms with Crippen LogP contribution in [0.3, 0.4) is 0 Å². The van der Waals surface area contributed by atoms with Gasteiger partial charge in [-0.1, -0.05) is 38.5 Å². The van der Waals surface area contributed by atoms with Crippen LogP contribution in [-0.4, -0.2) is 53.4 Å². The average Bonchev–Trinajstić information content (AvgIpc) is 2.61. The van der Waals surface area contributed by atoms with Crippen molar-refractivity contribution in [2.75, 3.05) is 0 Å². The van der Waals surface area contributed by atoms with Gasteiger partial charge in [-0.05, 0) is 25.7 Å². The Hall–Kier alpha value is -2.65. The van der Waals surface area contributed by atoms with Crippen molar-refractivity contribution in [3.8, 4) is 0 Å². The molecule has 15 heteroatoms. The molecule has 0 unspecified atom stereocenters. The third-order valence-electron chi connectivity index (χ3n) is 4.27. The lowest BCUT2D eigenvalue weighted by atomic mass is 9.96. The van der Waals surface area contributed by atoms with Crippen molar-refractivity contribution >= 4 is 34.2 Å². The van der Waals surface area contributed by atoms with E-state index in [0.717, 1.165) is 25.7 Å². The molecule has 180 valence electrons. The van der Waals surface area contributed by atoms with Crippen molar-refractivity contribution in [3.63, 3.8) is 0 Å². The van der Waals surface area contributed by atoms with Crippen LogP contribution >= 0.6 is 0 Å². The summed E-state index contributed by atoms with van der Waals surface area (Å²) in [6.45, 7) is 0. The first-order chi connectivity index (χ1) is 14.4. The second kappa shape index (κ2) is 15.2. The summed E-state index contributed by atoms with van der Waals surface area (Å²) in [5.74, 6) is 0.341. The Bertz CT molecular complexity index is 675. The van der Waals surface area contributed by atoms with E-state index in [1.807, 2.05) is 0 Å². The fourth-order valence-electron chi connectivity index (χ4n) is 3.12. The molecular formula is C16H36N10O4S. The fourth-order valence-corrected chi connectivity index (χ4v) is 3.12. The van der Waals surface area contributed by atoms with Gasteiger partial charge in [0.2, 0.25) is 11.9 Å².